The van der Waals surface area contributed by atoms with E-state index in [9.17, 15) is 4.79 Å². The van der Waals surface area contributed by atoms with Crippen LogP contribution in [0.4, 0.5) is 0 Å². The predicted octanol–water partition coefficient (Wildman–Crippen LogP) is 4.13. The number of esters is 1. The Bertz CT molecular complexity index is 459. The topological polar surface area (TPSA) is 54.0 Å². The molecular weight excluding hydrogens is 332 g/mol. The number of hydrogen-bond acceptors (Lipinski definition) is 5. The Morgan fingerprint density at radius 3 is 2.62 bits per heavy atom. The number of cyclic esters (lactones) is 1. The van der Waals surface area contributed by atoms with Crippen molar-refractivity contribution >= 4 is 5.97 Å². The maximum atomic E-state index is 11.7. The molecule has 6 atom stereocenters. The summed E-state index contributed by atoms with van der Waals surface area (Å²) < 4.78 is 22.5. The van der Waals surface area contributed by atoms with Crippen molar-refractivity contribution in [3.63, 3.8) is 0 Å². The lowest BCUT2D eigenvalue weighted by molar-refractivity contribution is -0.157. The Morgan fingerprint density at radius 1 is 1.31 bits per heavy atom. The molecule has 26 heavy (non-hydrogen) atoms. The predicted molar refractivity (Wildman–Crippen MR) is 103 cm³/mol. The monoisotopic (exact) mass is 368 g/mol. The number of hydrogen-bond donors (Lipinski definition) is 0. The molecule has 0 aromatic rings. The van der Waals surface area contributed by atoms with Crippen molar-refractivity contribution in [3.05, 3.63) is 24.3 Å². The van der Waals surface area contributed by atoms with E-state index in [0.29, 0.717) is 12.3 Å². The van der Waals surface area contributed by atoms with E-state index in [-0.39, 0.29) is 42.9 Å². The summed E-state index contributed by atoms with van der Waals surface area (Å²) in [5, 5.41) is 0. The molecule has 0 unspecified atom stereocenters. The molecule has 5 nitrogen and oxygen atoms in total. The Morgan fingerprint density at radius 2 is 2.04 bits per heavy atom. The molecule has 1 rings (SSSR count). The average molecular weight is 369 g/mol. The summed E-state index contributed by atoms with van der Waals surface area (Å²) in [6.07, 6.45) is 9.96. The molecule has 0 saturated carbocycles. The number of rotatable bonds is 12. The quantitative estimate of drug-likeness (QED) is 0.295. The Hall–Kier alpha value is -1.17. The van der Waals surface area contributed by atoms with Crippen LogP contribution in [-0.2, 0) is 23.7 Å². The summed E-state index contributed by atoms with van der Waals surface area (Å²) in [6, 6.07) is 0. The third-order valence-electron chi connectivity index (χ3n) is 5.24. The highest BCUT2D eigenvalue weighted by Gasteiger charge is 2.35. The van der Waals surface area contributed by atoms with Gasteiger partial charge in [0.25, 0.3) is 0 Å². The first kappa shape index (κ1) is 22.9. The van der Waals surface area contributed by atoms with E-state index < -0.39 is 0 Å². The molecule has 0 saturated heterocycles. The minimum atomic E-state index is -0.275. The maximum Gasteiger partial charge on any atom is 0.330 e. The largest absolute Gasteiger partial charge is 0.458 e. The van der Waals surface area contributed by atoms with Crippen LogP contribution in [0, 0.1) is 17.8 Å². The van der Waals surface area contributed by atoms with Gasteiger partial charge in [0.15, 0.2) is 0 Å². The van der Waals surface area contributed by atoms with Crippen LogP contribution in [0.15, 0.2) is 24.3 Å². The number of ether oxygens (including phenoxy) is 4. The van der Waals surface area contributed by atoms with Crippen molar-refractivity contribution in [2.75, 3.05) is 21.0 Å². The van der Waals surface area contributed by atoms with Gasteiger partial charge in [-0.1, -0.05) is 39.0 Å². The molecule has 0 aromatic heterocycles. The van der Waals surface area contributed by atoms with Gasteiger partial charge in [0, 0.05) is 38.6 Å². The van der Waals surface area contributed by atoms with Crippen molar-refractivity contribution in [2.45, 2.75) is 65.3 Å². The molecule has 0 fully saturated rings. The molecule has 1 aliphatic rings. The number of carbonyl (C=O) groups is 1. The van der Waals surface area contributed by atoms with Crippen LogP contribution in [0.2, 0.25) is 0 Å². The van der Waals surface area contributed by atoms with E-state index in [4.69, 9.17) is 18.9 Å². The SMILES string of the molecule is C/C=C/C[C@H](C)[C@@H](OC)[C@@H](C)[C@@H](C[C@H]1OC(=O)C=C[C@H]1CC)OCOC. The fourth-order valence-corrected chi connectivity index (χ4v) is 3.70. The zero-order chi connectivity index (χ0) is 19.5. The van der Waals surface area contributed by atoms with Gasteiger partial charge in [0.05, 0.1) is 12.2 Å². The standard InChI is InChI=1S/C21H36O5/c1-7-9-10-15(3)21(24-6)16(4)18(25-14-23-5)13-19-17(8-2)11-12-20(22)26-19/h7,9,11-12,15-19,21H,8,10,13-14H2,1-6H3/b9-7+/t15-,16-,17+,18+,19+,21+/m0/s1. The zero-order valence-corrected chi connectivity index (χ0v) is 17.1. The van der Waals surface area contributed by atoms with E-state index in [0.717, 1.165) is 12.8 Å². The normalized spacial score (nSPS) is 25.1. The van der Waals surface area contributed by atoms with Crippen LogP contribution >= 0.6 is 0 Å². The molecule has 150 valence electrons. The zero-order valence-electron chi connectivity index (χ0n) is 17.1. The summed E-state index contributed by atoms with van der Waals surface area (Å²) in [5.41, 5.74) is 0. The van der Waals surface area contributed by atoms with Crippen LogP contribution in [-0.4, -0.2) is 45.3 Å². The molecule has 5 heteroatoms. The van der Waals surface area contributed by atoms with Gasteiger partial charge in [-0.05, 0) is 25.7 Å². The summed E-state index contributed by atoms with van der Waals surface area (Å²) in [4.78, 5) is 11.7. The maximum absolute atomic E-state index is 11.7. The fourth-order valence-electron chi connectivity index (χ4n) is 3.70. The molecule has 1 heterocycles. The van der Waals surface area contributed by atoms with E-state index in [1.165, 1.54) is 6.08 Å². The van der Waals surface area contributed by atoms with Crippen molar-refractivity contribution in [1.29, 1.82) is 0 Å². The molecular formula is C21H36O5. The van der Waals surface area contributed by atoms with Crippen LogP contribution in [0.5, 0.6) is 0 Å². The highest BCUT2D eigenvalue weighted by molar-refractivity contribution is 5.82. The van der Waals surface area contributed by atoms with Crippen LogP contribution < -0.4 is 0 Å². The first-order chi connectivity index (χ1) is 12.5. The van der Waals surface area contributed by atoms with Gasteiger partial charge < -0.3 is 18.9 Å². The fraction of sp³-hybridized carbons (Fsp3) is 0.762. The van der Waals surface area contributed by atoms with Crippen LogP contribution in [0.25, 0.3) is 0 Å². The minimum absolute atomic E-state index is 0.0444. The van der Waals surface area contributed by atoms with E-state index >= 15 is 0 Å². The second-order valence-electron chi connectivity index (χ2n) is 7.10. The lowest BCUT2D eigenvalue weighted by Gasteiger charge is -2.36. The van der Waals surface area contributed by atoms with Gasteiger partial charge in [-0.3, -0.25) is 0 Å². The third-order valence-corrected chi connectivity index (χ3v) is 5.24. The van der Waals surface area contributed by atoms with Crippen molar-refractivity contribution in [3.8, 4) is 0 Å². The highest BCUT2D eigenvalue weighted by Crippen LogP contribution is 2.30. The number of methoxy groups -OCH3 is 2. The second kappa shape index (κ2) is 12.3. The molecule has 0 amide bonds. The summed E-state index contributed by atoms with van der Waals surface area (Å²) in [7, 11) is 3.36. The summed E-state index contributed by atoms with van der Waals surface area (Å²) in [6.45, 7) is 8.67. The molecule has 0 radical (unpaired) electrons. The molecule has 0 aromatic carbocycles. The Labute approximate surface area is 158 Å². The molecule has 0 aliphatic carbocycles. The van der Waals surface area contributed by atoms with E-state index in [2.05, 4.69) is 32.9 Å². The van der Waals surface area contributed by atoms with Gasteiger partial charge >= 0.3 is 5.97 Å². The van der Waals surface area contributed by atoms with Crippen molar-refractivity contribution in [1.82, 2.24) is 0 Å². The number of allylic oxidation sites excluding steroid dienone is 2. The van der Waals surface area contributed by atoms with Crippen LogP contribution in [0.3, 0.4) is 0 Å². The lowest BCUT2D eigenvalue weighted by Crippen LogP contribution is -2.41. The first-order valence-corrected chi connectivity index (χ1v) is 9.61. The molecule has 0 N–H and O–H groups in total. The van der Waals surface area contributed by atoms with E-state index in [1.807, 2.05) is 13.0 Å². The van der Waals surface area contributed by atoms with Gasteiger partial charge in [0.1, 0.15) is 12.9 Å². The lowest BCUT2D eigenvalue weighted by atomic mass is 9.83. The number of carbonyl (C=O) groups excluding carboxylic acids is 1. The summed E-state index contributed by atoms with van der Waals surface area (Å²) in [5.74, 6) is 0.436. The van der Waals surface area contributed by atoms with Gasteiger partial charge in [0.2, 0.25) is 0 Å². The second-order valence-corrected chi connectivity index (χ2v) is 7.10. The van der Waals surface area contributed by atoms with Gasteiger partial charge in [-0.25, -0.2) is 4.79 Å². The molecule has 0 spiro atoms. The van der Waals surface area contributed by atoms with E-state index in [1.54, 1.807) is 14.2 Å². The average Bonchev–Trinajstić information content (AvgIpc) is 2.63. The summed E-state index contributed by atoms with van der Waals surface area (Å²) >= 11 is 0. The molecule has 1 aliphatic heterocycles. The van der Waals surface area contributed by atoms with Crippen LogP contribution in [0.1, 0.15) is 47.0 Å². The highest BCUT2D eigenvalue weighted by atomic mass is 16.7. The Balaban J connectivity index is 2.88. The third kappa shape index (κ3) is 6.86. The Kier molecular flexibility index (Phi) is 10.8. The van der Waals surface area contributed by atoms with Gasteiger partial charge in [-0.15, -0.1) is 0 Å². The smallest absolute Gasteiger partial charge is 0.330 e. The van der Waals surface area contributed by atoms with Gasteiger partial charge in [-0.2, -0.15) is 0 Å². The van der Waals surface area contributed by atoms with Crippen molar-refractivity contribution < 1.29 is 23.7 Å². The minimum Gasteiger partial charge on any atom is -0.458 e. The first-order valence-electron chi connectivity index (χ1n) is 9.61. The van der Waals surface area contributed by atoms with Crippen molar-refractivity contribution in [2.24, 2.45) is 17.8 Å². The molecule has 0 bridgehead atoms.